The van der Waals surface area contributed by atoms with Gasteiger partial charge < -0.3 is 5.32 Å². The van der Waals surface area contributed by atoms with Crippen molar-refractivity contribution < 1.29 is 0 Å². The highest BCUT2D eigenvalue weighted by molar-refractivity contribution is 5.51. The van der Waals surface area contributed by atoms with Crippen molar-refractivity contribution >= 4 is 5.82 Å². The number of nitrogens with one attached hydrogen (secondary N) is 1. The molecular weight excluding hydrogens is 322 g/mol. The Bertz CT molecular complexity index is 1050. The number of pyridine rings is 1. The largest absolute Gasteiger partial charge is 0.366 e. The molecule has 25 heavy (non-hydrogen) atoms. The number of rotatable bonds is 4. The molecule has 1 N–H and O–H groups in total. The van der Waals surface area contributed by atoms with E-state index in [9.17, 15) is 14.9 Å². The van der Waals surface area contributed by atoms with Crippen LogP contribution in [0.3, 0.4) is 0 Å². The molecule has 0 unspecified atom stereocenters. The molecule has 0 amide bonds. The van der Waals surface area contributed by atoms with Crippen LogP contribution in [0.1, 0.15) is 11.1 Å². The first-order valence-corrected chi connectivity index (χ1v) is 7.40. The average molecular weight is 337 g/mol. The highest BCUT2D eigenvalue weighted by Crippen LogP contribution is 2.11. The number of imidazole rings is 1. The van der Waals surface area contributed by atoms with E-state index in [-0.39, 0.29) is 11.4 Å². The number of nitriles is 1. The van der Waals surface area contributed by atoms with Gasteiger partial charge in [-0.2, -0.15) is 5.26 Å². The molecule has 9 heteroatoms. The van der Waals surface area contributed by atoms with Crippen molar-refractivity contribution in [2.75, 3.05) is 5.32 Å². The Morgan fingerprint density at radius 2 is 2.04 bits per heavy atom. The van der Waals surface area contributed by atoms with E-state index in [0.29, 0.717) is 6.54 Å². The van der Waals surface area contributed by atoms with Gasteiger partial charge in [-0.25, -0.2) is 14.8 Å². The van der Waals surface area contributed by atoms with Gasteiger partial charge in [-0.15, -0.1) is 0 Å². The maximum absolute atomic E-state index is 12.0. The molecule has 3 aromatic rings. The molecule has 0 aliphatic carbocycles. The van der Waals surface area contributed by atoms with E-state index in [0.717, 1.165) is 15.9 Å². The third-order valence-corrected chi connectivity index (χ3v) is 3.81. The second-order valence-corrected chi connectivity index (χ2v) is 5.39. The zero-order chi connectivity index (χ0) is 18.0. The first-order chi connectivity index (χ1) is 12.0. The molecule has 3 aromatic heterocycles. The van der Waals surface area contributed by atoms with E-state index >= 15 is 0 Å². The second-order valence-electron chi connectivity index (χ2n) is 5.39. The van der Waals surface area contributed by atoms with Gasteiger partial charge in [-0.3, -0.25) is 18.5 Å². The quantitative estimate of drug-likeness (QED) is 0.725. The van der Waals surface area contributed by atoms with Gasteiger partial charge >= 0.3 is 5.69 Å². The summed E-state index contributed by atoms with van der Waals surface area (Å²) in [5.74, 6) is 0.911. The number of anilines is 1. The molecule has 0 bridgehead atoms. The van der Waals surface area contributed by atoms with Gasteiger partial charge in [0.15, 0.2) is 5.56 Å². The van der Waals surface area contributed by atoms with Crippen LogP contribution in [0.25, 0.3) is 5.82 Å². The van der Waals surface area contributed by atoms with E-state index in [1.165, 1.54) is 18.7 Å². The topological polar surface area (TPSA) is 111 Å². The Balaban J connectivity index is 1.86. The summed E-state index contributed by atoms with van der Waals surface area (Å²) in [6.07, 6.45) is 6.77. The Hall–Kier alpha value is -3.67. The van der Waals surface area contributed by atoms with Crippen LogP contribution in [0.15, 0.2) is 46.6 Å². The molecule has 9 nitrogen and oxygen atoms in total. The molecular formula is C16H15N7O2. The van der Waals surface area contributed by atoms with Crippen molar-refractivity contribution in [2.45, 2.75) is 6.54 Å². The first-order valence-electron chi connectivity index (χ1n) is 7.40. The molecule has 0 fully saturated rings. The van der Waals surface area contributed by atoms with Gasteiger partial charge in [0.25, 0.3) is 5.56 Å². The van der Waals surface area contributed by atoms with Gasteiger partial charge in [-0.1, -0.05) is 6.07 Å². The molecule has 0 aromatic carbocycles. The molecule has 0 spiro atoms. The van der Waals surface area contributed by atoms with Crippen molar-refractivity contribution in [1.82, 2.24) is 23.7 Å². The highest BCUT2D eigenvalue weighted by atomic mass is 16.2. The van der Waals surface area contributed by atoms with Gasteiger partial charge in [0.05, 0.1) is 0 Å². The summed E-state index contributed by atoms with van der Waals surface area (Å²) in [6.45, 7) is 0.312. The second kappa shape index (κ2) is 6.45. The normalized spacial score (nSPS) is 10.4. The smallest absolute Gasteiger partial charge is 0.332 e. The number of nitrogens with zero attached hydrogens (tertiary/aromatic N) is 6. The Morgan fingerprint density at radius 1 is 1.24 bits per heavy atom. The Kier molecular flexibility index (Phi) is 4.18. The maximum Gasteiger partial charge on any atom is 0.332 e. The molecule has 0 saturated heterocycles. The zero-order valence-electron chi connectivity index (χ0n) is 13.7. The summed E-state index contributed by atoms with van der Waals surface area (Å²) < 4.78 is 3.92. The van der Waals surface area contributed by atoms with Crippen LogP contribution in [-0.2, 0) is 20.6 Å². The third-order valence-electron chi connectivity index (χ3n) is 3.81. The monoisotopic (exact) mass is 337 g/mol. The van der Waals surface area contributed by atoms with Crippen molar-refractivity contribution in [3.63, 3.8) is 0 Å². The Morgan fingerprint density at radius 3 is 2.64 bits per heavy atom. The number of hydrogen-bond acceptors (Lipinski definition) is 6. The van der Waals surface area contributed by atoms with E-state index in [1.807, 2.05) is 18.2 Å². The summed E-state index contributed by atoms with van der Waals surface area (Å²) in [6, 6.07) is 5.54. The summed E-state index contributed by atoms with van der Waals surface area (Å²) in [5.41, 5.74) is -0.393. The average Bonchev–Trinajstić information content (AvgIpc) is 3.17. The van der Waals surface area contributed by atoms with Gasteiger partial charge in [0, 0.05) is 39.2 Å². The van der Waals surface area contributed by atoms with E-state index < -0.39 is 11.2 Å². The SMILES string of the molecule is Cn1c(NCc2ccc(-n3ccnc3)nc2)c(C#N)c(=O)n(C)c1=O. The summed E-state index contributed by atoms with van der Waals surface area (Å²) in [7, 11) is 2.85. The lowest BCUT2D eigenvalue weighted by atomic mass is 10.2. The molecule has 126 valence electrons. The van der Waals surface area contributed by atoms with E-state index in [1.54, 1.807) is 29.5 Å². The fraction of sp³-hybridized carbons (Fsp3) is 0.188. The number of aromatic nitrogens is 5. The lowest BCUT2D eigenvalue weighted by molar-refractivity contribution is 0.685. The van der Waals surface area contributed by atoms with Crippen LogP contribution >= 0.6 is 0 Å². The molecule has 3 heterocycles. The van der Waals surface area contributed by atoms with Gasteiger partial charge in [0.2, 0.25) is 0 Å². The van der Waals surface area contributed by atoms with Gasteiger partial charge in [0.1, 0.15) is 24.0 Å². The summed E-state index contributed by atoms with van der Waals surface area (Å²) >= 11 is 0. The maximum atomic E-state index is 12.0. The van der Waals surface area contributed by atoms with Crippen molar-refractivity contribution in [2.24, 2.45) is 14.1 Å². The van der Waals surface area contributed by atoms with Crippen molar-refractivity contribution in [3.8, 4) is 11.9 Å². The molecule has 0 aliphatic rings. The molecule has 0 aliphatic heterocycles. The van der Waals surface area contributed by atoms with Gasteiger partial charge in [-0.05, 0) is 11.6 Å². The lowest BCUT2D eigenvalue weighted by Crippen LogP contribution is -2.39. The van der Waals surface area contributed by atoms with Crippen LogP contribution < -0.4 is 16.6 Å². The van der Waals surface area contributed by atoms with Crippen molar-refractivity contribution in [1.29, 1.82) is 5.26 Å². The zero-order valence-corrected chi connectivity index (χ0v) is 13.7. The molecule has 0 saturated carbocycles. The van der Waals surface area contributed by atoms with Crippen LogP contribution in [0, 0.1) is 11.3 Å². The standard InChI is InChI=1S/C16H15N7O2/c1-21-14(12(7-17)15(24)22(2)16(21)25)20-9-11-3-4-13(19-8-11)23-6-5-18-10-23/h3-6,8,10,20H,9H2,1-2H3. The van der Waals surface area contributed by atoms with E-state index in [4.69, 9.17) is 0 Å². The fourth-order valence-corrected chi connectivity index (χ4v) is 2.41. The minimum atomic E-state index is -0.623. The van der Waals surface area contributed by atoms with Crippen LogP contribution in [0.2, 0.25) is 0 Å². The fourth-order valence-electron chi connectivity index (χ4n) is 2.41. The van der Waals surface area contributed by atoms with Crippen molar-refractivity contribution in [3.05, 3.63) is 69.0 Å². The molecule has 0 atom stereocenters. The summed E-state index contributed by atoms with van der Waals surface area (Å²) in [5, 5.41) is 12.2. The lowest BCUT2D eigenvalue weighted by Gasteiger charge is -2.13. The minimum Gasteiger partial charge on any atom is -0.366 e. The minimum absolute atomic E-state index is 0.104. The highest BCUT2D eigenvalue weighted by Gasteiger charge is 2.15. The molecule has 3 rings (SSSR count). The predicted molar refractivity (Wildman–Crippen MR) is 90.3 cm³/mol. The van der Waals surface area contributed by atoms with Crippen LogP contribution in [0.4, 0.5) is 5.82 Å². The van der Waals surface area contributed by atoms with E-state index in [2.05, 4.69) is 15.3 Å². The first kappa shape index (κ1) is 16.2. The summed E-state index contributed by atoms with van der Waals surface area (Å²) in [4.78, 5) is 32.4. The molecule has 0 radical (unpaired) electrons. The predicted octanol–water partition coefficient (Wildman–Crippen LogP) is 0.148. The Labute approximate surface area is 142 Å². The van der Waals surface area contributed by atoms with Crippen LogP contribution in [0.5, 0.6) is 0 Å². The number of hydrogen-bond donors (Lipinski definition) is 1. The third kappa shape index (κ3) is 2.92. The van der Waals surface area contributed by atoms with Crippen LogP contribution in [-0.4, -0.2) is 23.7 Å².